The molecule has 0 aliphatic rings. The van der Waals surface area contributed by atoms with E-state index in [0.29, 0.717) is 17.6 Å². The van der Waals surface area contributed by atoms with Gasteiger partial charge in [0.2, 0.25) is 5.95 Å². The Labute approximate surface area is 323 Å². The smallest absolute Gasteiger partial charge is 0.238 e. The summed E-state index contributed by atoms with van der Waals surface area (Å²) >= 11 is 0. The topological polar surface area (TPSA) is 48.5 Å². The summed E-state index contributed by atoms with van der Waals surface area (Å²) in [5, 5.41) is 4.72. The van der Waals surface area contributed by atoms with Gasteiger partial charge in [-0.25, -0.2) is 4.98 Å². The molecule has 0 saturated carbocycles. The quantitative estimate of drug-likeness (QED) is 0.172. The molecule has 8 aromatic carbocycles. The van der Waals surface area contributed by atoms with Crippen molar-refractivity contribution >= 4 is 43.6 Å². The van der Waals surface area contributed by atoms with E-state index >= 15 is 0 Å². The van der Waals surface area contributed by atoms with E-state index < -0.39 is 0 Å². The Morgan fingerprint density at radius 3 is 1.32 bits per heavy atom. The Morgan fingerprint density at radius 1 is 0.268 bits per heavy atom. The highest BCUT2D eigenvalue weighted by Gasteiger charge is 2.20. The lowest BCUT2D eigenvalue weighted by atomic mass is 9.99. The maximum Gasteiger partial charge on any atom is 0.238 e. The fraction of sp³-hybridized carbons (Fsp3) is 0. The fourth-order valence-electron chi connectivity index (χ4n) is 8.13. The second-order valence-electron chi connectivity index (χ2n) is 14.1. The van der Waals surface area contributed by atoms with Gasteiger partial charge in [0.15, 0.2) is 11.6 Å². The summed E-state index contributed by atoms with van der Waals surface area (Å²) in [6, 6.07) is 70.5. The number of fused-ring (bicyclic) bond motifs is 6. The van der Waals surface area contributed by atoms with E-state index in [9.17, 15) is 0 Å². The summed E-state index contributed by atoms with van der Waals surface area (Å²) in [6.07, 6.45) is 0. The van der Waals surface area contributed by atoms with Crippen molar-refractivity contribution in [2.24, 2.45) is 0 Å². The third-order valence-corrected chi connectivity index (χ3v) is 10.8. The van der Waals surface area contributed by atoms with Crippen molar-refractivity contribution in [1.82, 2.24) is 24.1 Å². The normalized spacial score (nSPS) is 11.6. The number of para-hydroxylation sites is 2. The average molecular weight is 716 g/mol. The molecule has 0 N–H and O–H groups in total. The van der Waals surface area contributed by atoms with Gasteiger partial charge in [0.1, 0.15) is 0 Å². The van der Waals surface area contributed by atoms with E-state index in [4.69, 9.17) is 15.0 Å². The Kier molecular flexibility index (Phi) is 7.42. The van der Waals surface area contributed by atoms with Gasteiger partial charge in [0.25, 0.3) is 0 Å². The summed E-state index contributed by atoms with van der Waals surface area (Å²) in [5.74, 6) is 1.83. The minimum Gasteiger partial charge on any atom is -0.309 e. The first-order valence-corrected chi connectivity index (χ1v) is 18.9. The van der Waals surface area contributed by atoms with Gasteiger partial charge in [-0.3, -0.25) is 4.57 Å². The third-order valence-electron chi connectivity index (χ3n) is 10.8. The van der Waals surface area contributed by atoms with Crippen LogP contribution in [0, 0.1) is 0 Å². The highest BCUT2D eigenvalue weighted by atomic mass is 15.2. The molecule has 0 unspecified atom stereocenters. The molecule has 0 radical (unpaired) electrons. The van der Waals surface area contributed by atoms with Gasteiger partial charge in [-0.2, -0.15) is 9.97 Å². The van der Waals surface area contributed by atoms with Crippen molar-refractivity contribution < 1.29 is 0 Å². The number of aromatic nitrogens is 5. The Bertz CT molecular complexity index is 3160. The second-order valence-corrected chi connectivity index (χ2v) is 14.1. The predicted molar refractivity (Wildman–Crippen MR) is 230 cm³/mol. The largest absolute Gasteiger partial charge is 0.309 e. The molecule has 3 heterocycles. The Morgan fingerprint density at radius 2 is 0.714 bits per heavy atom. The van der Waals surface area contributed by atoms with Crippen LogP contribution in [0.4, 0.5) is 0 Å². The summed E-state index contributed by atoms with van der Waals surface area (Å²) in [7, 11) is 0. The van der Waals surface area contributed by atoms with E-state index in [1.54, 1.807) is 0 Å². The minimum absolute atomic E-state index is 0.575. The summed E-state index contributed by atoms with van der Waals surface area (Å²) in [4.78, 5) is 15.4. The molecule has 0 aliphatic carbocycles. The van der Waals surface area contributed by atoms with Crippen LogP contribution in [-0.2, 0) is 0 Å². The van der Waals surface area contributed by atoms with E-state index in [1.807, 2.05) is 60.7 Å². The number of rotatable bonds is 6. The van der Waals surface area contributed by atoms with Crippen LogP contribution in [0.3, 0.4) is 0 Å². The molecule has 0 fully saturated rings. The van der Waals surface area contributed by atoms with Crippen molar-refractivity contribution in [3.8, 4) is 56.7 Å². The molecule has 0 saturated heterocycles. The van der Waals surface area contributed by atoms with Crippen LogP contribution < -0.4 is 0 Å². The third kappa shape index (κ3) is 5.29. The zero-order valence-electron chi connectivity index (χ0n) is 30.3. The maximum absolute atomic E-state index is 5.18. The second kappa shape index (κ2) is 13.0. The minimum atomic E-state index is 0.575. The van der Waals surface area contributed by atoms with Gasteiger partial charge in [-0.05, 0) is 70.8 Å². The number of nitrogens with zero attached hydrogens (tertiary/aromatic N) is 5. The van der Waals surface area contributed by atoms with Gasteiger partial charge in [-0.15, -0.1) is 0 Å². The average Bonchev–Trinajstić information content (AvgIpc) is 3.79. The molecule has 5 nitrogen and oxygen atoms in total. The molecule has 0 atom stereocenters. The monoisotopic (exact) mass is 715 g/mol. The summed E-state index contributed by atoms with van der Waals surface area (Å²) in [5.41, 5.74) is 12.1. The zero-order valence-corrected chi connectivity index (χ0v) is 30.3. The van der Waals surface area contributed by atoms with Gasteiger partial charge < -0.3 is 4.57 Å². The molecule has 0 aliphatic heterocycles. The van der Waals surface area contributed by atoms with Crippen molar-refractivity contribution in [3.05, 3.63) is 200 Å². The molecule has 11 aromatic rings. The summed E-state index contributed by atoms with van der Waals surface area (Å²) < 4.78 is 4.57. The first-order chi connectivity index (χ1) is 27.8. The Balaban J connectivity index is 1.15. The van der Waals surface area contributed by atoms with Gasteiger partial charge in [0, 0.05) is 38.4 Å². The zero-order chi connectivity index (χ0) is 37.0. The lowest BCUT2D eigenvalue weighted by Gasteiger charge is -2.11. The number of hydrogen-bond acceptors (Lipinski definition) is 3. The van der Waals surface area contributed by atoms with Gasteiger partial charge in [-0.1, -0.05) is 152 Å². The van der Waals surface area contributed by atoms with Crippen molar-refractivity contribution in [2.45, 2.75) is 0 Å². The molecule has 0 spiro atoms. The molecule has 5 heteroatoms. The molecule has 0 amide bonds. The van der Waals surface area contributed by atoms with Crippen molar-refractivity contribution in [3.63, 3.8) is 0 Å². The van der Waals surface area contributed by atoms with Crippen LogP contribution in [0.1, 0.15) is 0 Å². The lowest BCUT2D eigenvalue weighted by molar-refractivity contribution is 0.953. The van der Waals surface area contributed by atoms with Crippen molar-refractivity contribution in [2.75, 3.05) is 0 Å². The lowest BCUT2D eigenvalue weighted by Crippen LogP contribution is -2.06. The predicted octanol–water partition coefficient (Wildman–Crippen LogP) is 12.7. The van der Waals surface area contributed by atoms with E-state index in [1.165, 1.54) is 21.8 Å². The van der Waals surface area contributed by atoms with Crippen LogP contribution in [-0.4, -0.2) is 24.1 Å². The van der Waals surface area contributed by atoms with Crippen molar-refractivity contribution in [1.29, 1.82) is 0 Å². The molecular weight excluding hydrogens is 683 g/mol. The molecule has 0 bridgehead atoms. The molecule has 56 heavy (non-hydrogen) atoms. The van der Waals surface area contributed by atoms with E-state index in [-0.39, 0.29) is 0 Å². The highest BCUT2D eigenvalue weighted by molar-refractivity contribution is 6.13. The molecular formula is C51H33N5. The standard InChI is InChI=1S/C51H33N5/c1-5-15-34(16-6-1)39-25-28-42-44-32-38(37-26-29-46-43(31-37)41-23-13-14-24-45(41)55(46)40-21-11-4-12-22-40)27-30-47(44)56(48(42)33-39)51-53-49(35-17-7-2-8-18-35)52-50(54-51)36-19-9-3-10-20-36/h1-33H. The number of hydrogen-bond donors (Lipinski definition) is 0. The van der Waals surface area contributed by atoms with Crippen LogP contribution >= 0.6 is 0 Å². The molecule has 3 aromatic heterocycles. The fourth-order valence-corrected chi connectivity index (χ4v) is 8.13. The Hall–Kier alpha value is -7.63. The molecule has 11 rings (SSSR count). The first kappa shape index (κ1) is 31.9. The summed E-state index contributed by atoms with van der Waals surface area (Å²) in [6.45, 7) is 0. The first-order valence-electron chi connectivity index (χ1n) is 18.9. The van der Waals surface area contributed by atoms with E-state index in [2.05, 4.69) is 149 Å². The van der Waals surface area contributed by atoms with Gasteiger partial charge in [0.05, 0.1) is 22.1 Å². The number of benzene rings is 8. The van der Waals surface area contributed by atoms with Crippen LogP contribution in [0.25, 0.3) is 100 Å². The maximum atomic E-state index is 5.18. The highest BCUT2D eigenvalue weighted by Crippen LogP contribution is 2.39. The SMILES string of the molecule is c1ccc(-c2ccc3c4cc(-c5ccc6c(c5)c5ccccc5n6-c5ccccc5)ccc4n(-c4nc(-c5ccccc5)nc(-c5ccccc5)n4)c3c2)cc1. The van der Waals surface area contributed by atoms with Gasteiger partial charge >= 0.3 is 0 Å². The van der Waals surface area contributed by atoms with E-state index in [0.717, 1.165) is 60.9 Å². The van der Waals surface area contributed by atoms with Crippen LogP contribution in [0.5, 0.6) is 0 Å². The van der Waals surface area contributed by atoms with Crippen LogP contribution in [0.15, 0.2) is 200 Å². The van der Waals surface area contributed by atoms with Crippen LogP contribution in [0.2, 0.25) is 0 Å². The molecule has 262 valence electrons.